The van der Waals surface area contributed by atoms with Gasteiger partial charge in [-0.3, -0.25) is 39.4 Å². The predicted molar refractivity (Wildman–Crippen MR) is 217 cm³/mol. The average Bonchev–Trinajstić information content (AvgIpc) is 3.64. The molecule has 0 aliphatic carbocycles. The van der Waals surface area contributed by atoms with Gasteiger partial charge in [0.25, 0.3) is 0 Å². The molecular weight excluding hydrogens is 815 g/mol. The number of carbonyl (C=O) groups is 4. The fourth-order valence-corrected chi connectivity index (χ4v) is 5.73. The molecule has 2 unspecified atom stereocenters. The first kappa shape index (κ1) is 50.9. The Bertz CT molecular complexity index is 1710. The lowest BCUT2D eigenvalue weighted by Crippen LogP contribution is -2.31. The Morgan fingerprint density at radius 3 is 1.62 bits per heavy atom. The Labute approximate surface area is 350 Å². The van der Waals surface area contributed by atoms with E-state index in [-0.39, 0.29) is 29.7 Å². The Morgan fingerprint density at radius 1 is 0.717 bits per heavy atom. The number of nitro groups is 2. The van der Waals surface area contributed by atoms with Crippen LogP contribution in [0.1, 0.15) is 45.1 Å². The van der Waals surface area contributed by atoms with Gasteiger partial charge < -0.3 is 49.4 Å². The largest absolute Gasteiger partial charge is 0.481 e. The fourth-order valence-electron chi connectivity index (χ4n) is 4.96. The number of anilines is 1. The number of hydrogen-bond acceptors (Lipinski definition) is 17. The van der Waals surface area contributed by atoms with Gasteiger partial charge in [0.15, 0.2) is 0 Å². The van der Waals surface area contributed by atoms with E-state index < -0.39 is 44.3 Å². The summed E-state index contributed by atoms with van der Waals surface area (Å²) in [6.45, 7) is 9.98. The number of ether oxygens (including phenoxy) is 5. The van der Waals surface area contributed by atoms with Crippen LogP contribution in [-0.2, 0) is 42.9 Å². The highest BCUT2D eigenvalue weighted by Gasteiger charge is 2.25. The van der Waals surface area contributed by atoms with Crippen LogP contribution in [0.15, 0.2) is 34.5 Å². The number of amides is 2. The van der Waals surface area contributed by atoms with E-state index in [1.54, 1.807) is 19.1 Å². The first-order chi connectivity index (χ1) is 28.7. The third kappa shape index (κ3) is 21.2. The van der Waals surface area contributed by atoms with E-state index in [9.17, 15) is 39.4 Å². The van der Waals surface area contributed by atoms with Gasteiger partial charge in [0, 0.05) is 57.9 Å². The molecule has 0 saturated carbocycles. The first-order valence-corrected chi connectivity index (χ1v) is 20.1. The summed E-state index contributed by atoms with van der Waals surface area (Å²) >= 11 is 0.559. The molecule has 2 rings (SSSR count). The van der Waals surface area contributed by atoms with Gasteiger partial charge in [0.05, 0.1) is 80.2 Å². The molecule has 0 bridgehead atoms. The normalized spacial score (nSPS) is 12.2. The van der Waals surface area contributed by atoms with Crippen LogP contribution in [-0.4, -0.2) is 136 Å². The van der Waals surface area contributed by atoms with Gasteiger partial charge in [0.2, 0.25) is 16.8 Å². The van der Waals surface area contributed by atoms with E-state index >= 15 is 0 Å². The Hall–Kier alpha value is -5.20. The van der Waals surface area contributed by atoms with Gasteiger partial charge in [-0.15, -0.1) is 10.2 Å². The molecule has 1 aromatic carbocycles. The zero-order valence-electron chi connectivity index (χ0n) is 34.0. The van der Waals surface area contributed by atoms with Gasteiger partial charge in [-0.1, -0.05) is 13.8 Å². The molecule has 2 amide bonds. The third-order valence-electron chi connectivity index (χ3n) is 8.38. The molecule has 334 valence electrons. The van der Waals surface area contributed by atoms with Crippen molar-refractivity contribution in [3.63, 3.8) is 0 Å². The molecule has 4 N–H and O–H groups in total. The van der Waals surface area contributed by atoms with Crippen molar-refractivity contribution >= 4 is 62.2 Å². The molecule has 22 nitrogen and oxygen atoms in total. The molecule has 1 heterocycles. The molecule has 1 aromatic heterocycles. The molecule has 0 saturated heterocycles. The van der Waals surface area contributed by atoms with Crippen molar-refractivity contribution in [1.29, 1.82) is 0 Å². The lowest BCUT2D eigenvalue weighted by atomic mass is 10.1. The first-order valence-electron chi connectivity index (χ1n) is 19.3. The number of aryl methyl sites for hydroxylation is 1. The molecule has 0 radical (unpaired) electrons. The van der Waals surface area contributed by atoms with Crippen molar-refractivity contribution < 1.29 is 62.9 Å². The number of carboxylic acid groups (broad SMARTS) is 2. The zero-order chi connectivity index (χ0) is 44.3. The number of aliphatic carboxylic acids is 2. The Balaban J connectivity index is 1.80. The Kier molecular flexibility index (Phi) is 24.7. The van der Waals surface area contributed by atoms with Crippen molar-refractivity contribution in [3.8, 4) is 0 Å². The van der Waals surface area contributed by atoms with Crippen LogP contribution in [0, 0.1) is 39.0 Å². The fraction of sp³-hybridized carbons (Fsp3) is 0.622. The van der Waals surface area contributed by atoms with Crippen LogP contribution in [0.3, 0.4) is 0 Å². The van der Waals surface area contributed by atoms with Crippen molar-refractivity contribution in [2.75, 3.05) is 97.1 Å². The van der Waals surface area contributed by atoms with Crippen molar-refractivity contribution in [2.45, 2.75) is 46.5 Å². The van der Waals surface area contributed by atoms with Gasteiger partial charge in [-0.25, -0.2) is 0 Å². The third-order valence-corrected chi connectivity index (χ3v) is 9.34. The van der Waals surface area contributed by atoms with Crippen molar-refractivity contribution in [1.82, 2.24) is 10.6 Å². The second kappa shape index (κ2) is 29.1. The van der Waals surface area contributed by atoms with Gasteiger partial charge >= 0.3 is 22.6 Å². The highest BCUT2D eigenvalue weighted by atomic mass is 32.1. The summed E-state index contributed by atoms with van der Waals surface area (Å²) in [6, 6.07) is 6.20. The summed E-state index contributed by atoms with van der Waals surface area (Å²) in [7, 11) is 0. The van der Waals surface area contributed by atoms with E-state index in [4.69, 9.17) is 33.9 Å². The minimum atomic E-state index is -1.02. The van der Waals surface area contributed by atoms with E-state index in [1.165, 1.54) is 13.8 Å². The number of carbonyl (C=O) groups excluding carboxylic acids is 2. The van der Waals surface area contributed by atoms with Gasteiger partial charge in [-0.2, -0.15) is 0 Å². The molecule has 2 aromatic rings. The highest BCUT2D eigenvalue weighted by Crippen LogP contribution is 2.42. The number of rotatable bonds is 34. The van der Waals surface area contributed by atoms with Crippen LogP contribution in [0.25, 0.3) is 0 Å². The number of nitrogens with zero attached hydrogens (tertiary/aromatic N) is 5. The molecule has 60 heavy (non-hydrogen) atoms. The minimum Gasteiger partial charge on any atom is -0.481 e. The van der Waals surface area contributed by atoms with Crippen LogP contribution in [0.2, 0.25) is 0 Å². The molecule has 0 aliphatic heterocycles. The van der Waals surface area contributed by atoms with Crippen molar-refractivity contribution in [2.24, 2.45) is 22.1 Å². The summed E-state index contributed by atoms with van der Waals surface area (Å²) < 4.78 is 28.2. The second-order valence-electron chi connectivity index (χ2n) is 13.3. The van der Waals surface area contributed by atoms with E-state index in [2.05, 4.69) is 20.9 Å². The monoisotopic (exact) mass is 869 g/mol. The number of carboxylic acids is 2. The molecule has 0 fully saturated rings. The standard InChI is InChI=1S/C37H55N7O15S/c1-26-22-29(6-7-30(26)40-41-35-31(43(51)52)25-34(60-35)44(53)54)42(10-14-57-18-16-55-12-4-8-38-32(45)23-27(2)36(47)48)11-15-58-19-21-59-20-17-56-13-5-9-39-33(46)24-28(3)37(49)50/h6-7,22,25,27-28H,4-5,8-21,23-24H2,1-3H3,(H,38,45)(H,39,46)(H,47,48)(H,49,50). The lowest BCUT2D eigenvalue weighted by Gasteiger charge is -2.25. The average molecular weight is 870 g/mol. The number of azo groups is 1. The quantitative estimate of drug-likeness (QED) is 0.0328. The summed E-state index contributed by atoms with van der Waals surface area (Å²) in [4.78, 5) is 68.3. The highest BCUT2D eigenvalue weighted by molar-refractivity contribution is 7.19. The molecular formula is C37H55N7O15S. The van der Waals surface area contributed by atoms with E-state index in [1.807, 2.05) is 11.0 Å². The molecule has 23 heteroatoms. The van der Waals surface area contributed by atoms with E-state index in [0.29, 0.717) is 128 Å². The summed E-state index contributed by atoms with van der Waals surface area (Å²) in [5, 5.41) is 53.1. The number of benzene rings is 1. The zero-order valence-corrected chi connectivity index (χ0v) is 34.9. The number of nitrogens with one attached hydrogen (secondary N) is 2. The van der Waals surface area contributed by atoms with Crippen LogP contribution >= 0.6 is 11.3 Å². The maximum atomic E-state index is 11.8. The van der Waals surface area contributed by atoms with Crippen molar-refractivity contribution in [3.05, 3.63) is 50.1 Å². The minimum absolute atomic E-state index is 0.0741. The summed E-state index contributed by atoms with van der Waals surface area (Å²) in [6.07, 6.45) is 0.971. The second-order valence-corrected chi connectivity index (χ2v) is 14.3. The predicted octanol–water partition coefficient (Wildman–Crippen LogP) is 4.41. The lowest BCUT2D eigenvalue weighted by molar-refractivity contribution is -0.389. The van der Waals surface area contributed by atoms with E-state index in [0.717, 1.165) is 11.8 Å². The summed E-state index contributed by atoms with van der Waals surface area (Å²) in [5.41, 5.74) is 1.42. The van der Waals surface area contributed by atoms with Crippen LogP contribution in [0.4, 0.5) is 27.1 Å². The molecule has 0 spiro atoms. The maximum absolute atomic E-state index is 11.8. The number of hydrogen-bond donors (Lipinski definition) is 4. The smallest absolute Gasteiger partial charge is 0.333 e. The van der Waals surface area contributed by atoms with Gasteiger partial charge in [0.1, 0.15) is 6.07 Å². The Morgan fingerprint density at radius 2 is 1.18 bits per heavy atom. The van der Waals surface area contributed by atoms with Crippen LogP contribution in [0.5, 0.6) is 0 Å². The number of thiophene rings is 1. The maximum Gasteiger partial charge on any atom is 0.333 e. The molecule has 2 atom stereocenters. The van der Waals surface area contributed by atoms with Gasteiger partial charge in [-0.05, 0) is 54.9 Å². The topological polar surface area (TPSA) is 293 Å². The summed E-state index contributed by atoms with van der Waals surface area (Å²) in [5.74, 6) is -4.18. The SMILES string of the molecule is Cc1cc(N(CCOCCOCCCNC(=O)CC(C)C(=O)O)CCOCCOCCOCCCNC(=O)CC(C)C(=O)O)ccc1N=Nc1sc([N+](=O)[O-])cc1[N+](=O)[O-]. The van der Waals surface area contributed by atoms with Crippen LogP contribution < -0.4 is 15.5 Å². The molecule has 0 aliphatic rings.